The molecule has 1 aromatic carbocycles. The molecule has 1 amide bonds. The predicted molar refractivity (Wildman–Crippen MR) is 73.0 cm³/mol. The third kappa shape index (κ3) is 3.82. The van der Waals surface area contributed by atoms with Gasteiger partial charge < -0.3 is 10.6 Å². The van der Waals surface area contributed by atoms with Crippen molar-refractivity contribution in [3.05, 3.63) is 28.7 Å². The molecular formula is C13H17BrN2O. The first-order valence-corrected chi connectivity index (χ1v) is 6.80. The van der Waals surface area contributed by atoms with Crippen LogP contribution in [0.2, 0.25) is 0 Å². The summed E-state index contributed by atoms with van der Waals surface area (Å²) in [7, 11) is 0. The Hall–Kier alpha value is -0.870. The monoisotopic (exact) mass is 296 g/mol. The van der Waals surface area contributed by atoms with Crippen molar-refractivity contribution in [1.82, 2.24) is 5.32 Å². The van der Waals surface area contributed by atoms with Crippen LogP contribution in [0, 0.1) is 5.92 Å². The van der Waals surface area contributed by atoms with E-state index in [2.05, 4.69) is 26.6 Å². The lowest BCUT2D eigenvalue weighted by atomic mass is 10.0. The van der Waals surface area contributed by atoms with Gasteiger partial charge in [0.05, 0.1) is 5.69 Å². The van der Waals surface area contributed by atoms with Gasteiger partial charge in [0.1, 0.15) is 0 Å². The molecule has 0 aromatic heterocycles. The van der Waals surface area contributed by atoms with Gasteiger partial charge in [-0.1, -0.05) is 12.1 Å². The highest BCUT2D eigenvalue weighted by molar-refractivity contribution is 9.10. The lowest BCUT2D eigenvalue weighted by Gasteiger charge is -2.09. The summed E-state index contributed by atoms with van der Waals surface area (Å²) >= 11 is 3.42. The van der Waals surface area contributed by atoms with Crippen molar-refractivity contribution >= 4 is 27.5 Å². The van der Waals surface area contributed by atoms with Gasteiger partial charge in [-0.05, 0) is 59.9 Å². The molecule has 0 bridgehead atoms. The first-order valence-electron chi connectivity index (χ1n) is 6.01. The summed E-state index contributed by atoms with van der Waals surface area (Å²) in [6, 6.07) is 7.68. The molecule has 1 heterocycles. The fraction of sp³-hybridized carbons (Fsp3) is 0.462. The molecule has 1 fully saturated rings. The lowest BCUT2D eigenvalue weighted by Crippen LogP contribution is -2.15. The fourth-order valence-corrected chi connectivity index (χ4v) is 2.46. The highest BCUT2D eigenvalue weighted by Gasteiger charge is 2.15. The average molecular weight is 297 g/mol. The second-order valence-corrected chi connectivity index (χ2v) is 5.28. The first kappa shape index (κ1) is 12.6. The summed E-state index contributed by atoms with van der Waals surface area (Å²) in [6.45, 7) is 2.15. The van der Waals surface area contributed by atoms with Crippen molar-refractivity contribution in [1.29, 1.82) is 0 Å². The molecule has 0 radical (unpaired) electrons. The Morgan fingerprint density at radius 1 is 1.47 bits per heavy atom. The minimum Gasteiger partial charge on any atom is -0.325 e. The highest BCUT2D eigenvalue weighted by atomic mass is 79.9. The van der Waals surface area contributed by atoms with Crippen LogP contribution in [0.1, 0.15) is 19.3 Å². The molecule has 17 heavy (non-hydrogen) atoms. The van der Waals surface area contributed by atoms with Crippen LogP contribution in [-0.4, -0.2) is 19.0 Å². The summed E-state index contributed by atoms with van der Waals surface area (Å²) in [4.78, 5) is 11.8. The largest absolute Gasteiger partial charge is 0.325 e. The maximum Gasteiger partial charge on any atom is 0.224 e. The van der Waals surface area contributed by atoms with Gasteiger partial charge in [-0.25, -0.2) is 0 Å². The molecule has 1 saturated heterocycles. The molecule has 4 heteroatoms. The van der Waals surface area contributed by atoms with Gasteiger partial charge in [-0.15, -0.1) is 0 Å². The average Bonchev–Trinajstić information content (AvgIpc) is 2.82. The molecular weight excluding hydrogens is 280 g/mol. The van der Waals surface area contributed by atoms with Crippen molar-refractivity contribution in [3.8, 4) is 0 Å². The van der Waals surface area contributed by atoms with E-state index in [0.717, 1.165) is 29.7 Å². The van der Waals surface area contributed by atoms with Crippen LogP contribution >= 0.6 is 15.9 Å². The van der Waals surface area contributed by atoms with E-state index in [4.69, 9.17) is 0 Å². The van der Waals surface area contributed by atoms with Crippen LogP contribution in [-0.2, 0) is 4.79 Å². The Kier molecular flexibility index (Phi) is 4.57. The Balaban J connectivity index is 1.79. The minimum atomic E-state index is 0.101. The Morgan fingerprint density at radius 2 is 2.29 bits per heavy atom. The molecule has 1 aliphatic rings. The normalized spacial score (nSPS) is 19.2. The molecule has 1 atom stereocenters. The number of carbonyl (C=O) groups is 1. The highest BCUT2D eigenvalue weighted by Crippen LogP contribution is 2.22. The number of amides is 1. The molecule has 0 spiro atoms. The van der Waals surface area contributed by atoms with Gasteiger partial charge in [0.2, 0.25) is 5.91 Å². The molecule has 1 aliphatic heterocycles. The van der Waals surface area contributed by atoms with Crippen LogP contribution in [0.4, 0.5) is 5.69 Å². The van der Waals surface area contributed by atoms with E-state index >= 15 is 0 Å². The van der Waals surface area contributed by atoms with Crippen LogP contribution < -0.4 is 10.6 Å². The quantitative estimate of drug-likeness (QED) is 0.897. The zero-order chi connectivity index (χ0) is 12.1. The van der Waals surface area contributed by atoms with Crippen LogP contribution in [0.25, 0.3) is 0 Å². The van der Waals surface area contributed by atoms with E-state index in [1.165, 1.54) is 6.42 Å². The summed E-state index contributed by atoms with van der Waals surface area (Å²) in [5.41, 5.74) is 0.849. The van der Waals surface area contributed by atoms with Gasteiger partial charge in [-0.2, -0.15) is 0 Å². The van der Waals surface area contributed by atoms with Gasteiger partial charge in [-0.3, -0.25) is 4.79 Å². The smallest absolute Gasteiger partial charge is 0.224 e. The standard InChI is InChI=1S/C13H17BrN2O/c14-11-3-1-2-4-12(11)16-13(17)6-5-10-7-8-15-9-10/h1-4,10,15H,5-9H2,(H,16,17). The maximum atomic E-state index is 11.8. The number of hydrogen-bond acceptors (Lipinski definition) is 2. The molecule has 1 unspecified atom stereocenters. The maximum absolute atomic E-state index is 11.8. The topological polar surface area (TPSA) is 41.1 Å². The number of rotatable bonds is 4. The number of carbonyl (C=O) groups excluding carboxylic acids is 1. The number of anilines is 1. The van der Waals surface area contributed by atoms with Crippen LogP contribution in [0.3, 0.4) is 0 Å². The third-order valence-electron chi connectivity index (χ3n) is 3.09. The van der Waals surface area contributed by atoms with Crippen molar-refractivity contribution in [3.63, 3.8) is 0 Å². The molecule has 1 aromatic rings. The van der Waals surface area contributed by atoms with Gasteiger partial charge in [0.15, 0.2) is 0 Å². The van der Waals surface area contributed by atoms with Crippen molar-refractivity contribution in [2.45, 2.75) is 19.3 Å². The van der Waals surface area contributed by atoms with Crippen LogP contribution in [0.15, 0.2) is 28.7 Å². The summed E-state index contributed by atoms with van der Waals surface area (Å²) in [5, 5.41) is 6.24. The third-order valence-corrected chi connectivity index (χ3v) is 3.78. The second kappa shape index (κ2) is 6.17. The van der Waals surface area contributed by atoms with E-state index in [1.807, 2.05) is 24.3 Å². The zero-order valence-corrected chi connectivity index (χ0v) is 11.3. The minimum absolute atomic E-state index is 0.101. The van der Waals surface area contributed by atoms with Crippen molar-refractivity contribution in [2.75, 3.05) is 18.4 Å². The summed E-state index contributed by atoms with van der Waals surface area (Å²) in [5.74, 6) is 0.767. The van der Waals surface area contributed by atoms with Gasteiger partial charge in [0, 0.05) is 10.9 Å². The van der Waals surface area contributed by atoms with E-state index in [1.54, 1.807) is 0 Å². The number of hydrogen-bond donors (Lipinski definition) is 2. The number of halogens is 1. The number of para-hydroxylation sites is 1. The molecule has 0 saturated carbocycles. The van der Waals surface area contributed by atoms with E-state index in [9.17, 15) is 4.79 Å². The fourth-order valence-electron chi connectivity index (χ4n) is 2.07. The Morgan fingerprint density at radius 3 is 3.00 bits per heavy atom. The lowest BCUT2D eigenvalue weighted by molar-refractivity contribution is -0.116. The van der Waals surface area contributed by atoms with Gasteiger partial charge >= 0.3 is 0 Å². The van der Waals surface area contributed by atoms with E-state index in [-0.39, 0.29) is 5.91 Å². The number of benzene rings is 1. The molecule has 2 N–H and O–H groups in total. The van der Waals surface area contributed by atoms with Crippen molar-refractivity contribution in [2.24, 2.45) is 5.92 Å². The Bertz CT molecular complexity index is 389. The molecule has 92 valence electrons. The summed E-state index contributed by atoms with van der Waals surface area (Å²) in [6.07, 6.45) is 2.78. The van der Waals surface area contributed by atoms with Crippen LogP contribution in [0.5, 0.6) is 0 Å². The second-order valence-electron chi connectivity index (χ2n) is 4.43. The Labute approximate surface area is 110 Å². The predicted octanol–water partition coefficient (Wildman–Crippen LogP) is 2.78. The van der Waals surface area contributed by atoms with Crippen molar-refractivity contribution < 1.29 is 4.79 Å². The molecule has 2 rings (SSSR count). The molecule has 3 nitrogen and oxygen atoms in total. The number of nitrogens with one attached hydrogen (secondary N) is 2. The van der Waals surface area contributed by atoms with Gasteiger partial charge in [0.25, 0.3) is 0 Å². The zero-order valence-electron chi connectivity index (χ0n) is 9.71. The SMILES string of the molecule is O=C(CCC1CCNC1)Nc1ccccc1Br. The van der Waals surface area contributed by atoms with E-state index < -0.39 is 0 Å². The van der Waals surface area contributed by atoms with E-state index in [0.29, 0.717) is 12.3 Å². The summed E-state index contributed by atoms with van der Waals surface area (Å²) < 4.78 is 0.927. The molecule has 0 aliphatic carbocycles. The first-order chi connectivity index (χ1) is 8.25.